The maximum Gasteiger partial charge on any atom is 0.146 e. The Kier molecular flexibility index (Phi) is 3.60. The average molecular weight is 256 g/mol. The van der Waals surface area contributed by atoms with Crippen LogP contribution in [0.3, 0.4) is 0 Å². The van der Waals surface area contributed by atoms with Gasteiger partial charge in [0.1, 0.15) is 12.2 Å². The fraction of sp³-hybridized carbons (Fsp3) is 0.467. The first-order valence-corrected chi connectivity index (χ1v) is 7.03. The topological polar surface area (TPSA) is 42.7 Å². The predicted octanol–water partition coefficient (Wildman–Crippen LogP) is 2.54. The molecule has 0 spiro atoms. The van der Waals surface area contributed by atoms with Crippen molar-refractivity contribution in [2.75, 3.05) is 0 Å². The van der Waals surface area contributed by atoms with E-state index in [1.165, 1.54) is 18.4 Å². The molecule has 100 valence electrons. The first-order valence-electron chi connectivity index (χ1n) is 7.03. The summed E-state index contributed by atoms with van der Waals surface area (Å²) in [5.74, 6) is 1.80. The number of nitrogens with zero attached hydrogens (tertiary/aromatic N) is 3. The van der Waals surface area contributed by atoms with Crippen molar-refractivity contribution in [2.45, 2.75) is 38.9 Å². The van der Waals surface area contributed by atoms with Gasteiger partial charge in [-0.2, -0.15) is 0 Å². The van der Waals surface area contributed by atoms with E-state index in [1.54, 1.807) is 6.33 Å². The molecule has 3 rings (SSSR count). The Hall–Kier alpha value is -1.68. The Morgan fingerprint density at radius 1 is 1.32 bits per heavy atom. The fourth-order valence-electron chi connectivity index (χ4n) is 2.53. The summed E-state index contributed by atoms with van der Waals surface area (Å²) in [6.07, 6.45) is 4.45. The van der Waals surface area contributed by atoms with E-state index in [4.69, 9.17) is 0 Å². The molecule has 1 aromatic heterocycles. The second kappa shape index (κ2) is 5.53. The zero-order valence-corrected chi connectivity index (χ0v) is 11.3. The van der Waals surface area contributed by atoms with Gasteiger partial charge in [0.25, 0.3) is 0 Å². The number of benzene rings is 1. The Bertz CT molecular complexity index is 516. The van der Waals surface area contributed by atoms with Crippen LogP contribution in [0.4, 0.5) is 0 Å². The first kappa shape index (κ1) is 12.4. The average Bonchev–Trinajstić information content (AvgIpc) is 3.18. The number of aryl methyl sites for hydroxylation is 1. The van der Waals surface area contributed by atoms with Crippen LogP contribution in [-0.2, 0) is 13.1 Å². The lowest BCUT2D eigenvalue weighted by Gasteiger charge is -2.18. The summed E-state index contributed by atoms with van der Waals surface area (Å²) in [5, 5.41) is 11.8. The van der Waals surface area contributed by atoms with Gasteiger partial charge in [0, 0.05) is 12.6 Å². The van der Waals surface area contributed by atoms with E-state index in [0.717, 1.165) is 24.8 Å². The summed E-state index contributed by atoms with van der Waals surface area (Å²) < 4.78 is 2.09. The number of aromatic nitrogens is 3. The van der Waals surface area contributed by atoms with E-state index >= 15 is 0 Å². The number of rotatable bonds is 6. The maximum absolute atomic E-state index is 4.18. The summed E-state index contributed by atoms with van der Waals surface area (Å²) in [6.45, 7) is 3.82. The minimum absolute atomic E-state index is 0.447. The number of nitrogens with one attached hydrogen (secondary N) is 1. The van der Waals surface area contributed by atoms with Crippen LogP contribution in [0.1, 0.15) is 37.2 Å². The minimum Gasteiger partial charge on any atom is -0.317 e. The predicted molar refractivity (Wildman–Crippen MR) is 74.4 cm³/mol. The second-order valence-corrected chi connectivity index (χ2v) is 5.14. The molecular formula is C15H20N4. The Labute approximate surface area is 113 Å². The highest BCUT2D eigenvalue weighted by atomic mass is 15.3. The molecule has 0 amide bonds. The second-order valence-electron chi connectivity index (χ2n) is 5.14. The van der Waals surface area contributed by atoms with E-state index in [1.807, 2.05) is 0 Å². The van der Waals surface area contributed by atoms with E-state index in [9.17, 15) is 0 Å². The molecule has 1 fully saturated rings. The van der Waals surface area contributed by atoms with Gasteiger partial charge in [0.2, 0.25) is 0 Å². The van der Waals surface area contributed by atoms with E-state index < -0.39 is 0 Å². The van der Waals surface area contributed by atoms with Crippen LogP contribution in [-0.4, -0.2) is 14.8 Å². The molecule has 0 radical (unpaired) electrons. The number of hydrogen-bond acceptors (Lipinski definition) is 3. The van der Waals surface area contributed by atoms with Crippen molar-refractivity contribution >= 4 is 0 Å². The van der Waals surface area contributed by atoms with Crippen molar-refractivity contribution in [2.24, 2.45) is 5.92 Å². The molecular weight excluding hydrogens is 236 g/mol. The van der Waals surface area contributed by atoms with Crippen molar-refractivity contribution < 1.29 is 0 Å². The third-order valence-corrected chi connectivity index (χ3v) is 3.77. The van der Waals surface area contributed by atoms with Gasteiger partial charge in [0.05, 0.1) is 6.54 Å². The van der Waals surface area contributed by atoms with Crippen LogP contribution < -0.4 is 5.32 Å². The Morgan fingerprint density at radius 3 is 2.79 bits per heavy atom. The lowest BCUT2D eigenvalue weighted by molar-refractivity contribution is 0.464. The van der Waals surface area contributed by atoms with Crippen LogP contribution in [0, 0.1) is 5.92 Å². The van der Waals surface area contributed by atoms with Gasteiger partial charge >= 0.3 is 0 Å². The zero-order valence-electron chi connectivity index (χ0n) is 11.3. The summed E-state index contributed by atoms with van der Waals surface area (Å²) in [7, 11) is 0. The monoisotopic (exact) mass is 256 g/mol. The van der Waals surface area contributed by atoms with Crippen molar-refractivity contribution in [1.29, 1.82) is 0 Å². The van der Waals surface area contributed by atoms with E-state index in [2.05, 4.69) is 57.3 Å². The highest BCUT2D eigenvalue weighted by Gasteiger charge is 2.32. The van der Waals surface area contributed by atoms with Gasteiger partial charge in [-0.25, -0.2) is 0 Å². The van der Waals surface area contributed by atoms with Gasteiger partial charge in [-0.3, -0.25) is 0 Å². The lowest BCUT2D eigenvalue weighted by Crippen LogP contribution is -2.24. The molecule has 0 saturated heterocycles. The molecule has 2 aromatic rings. The molecule has 1 atom stereocenters. The third-order valence-electron chi connectivity index (χ3n) is 3.77. The number of hydrogen-bond donors (Lipinski definition) is 1. The summed E-state index contributed by atoms with van der Waals surface area (Å²) in [6, 6.07) is 11.2. The smallest absolute Gasteiger partial charge is 0.146 e. The SMILES string of the molecule is CCn1cnnc1CNC(c1ccccc1)C1CC1. The summed E-state index contributed by atoms with van der Waals surface area (Å²) in [4.78, 5) is 0. The standard InChI is InChI=1S/C15H20N4/c1-2-19-11-17-18-14(19)10-16-15(13-8-9-13)12-6-4-3-5-7-12/h3-7,11,13,15-16H,2,8-10H2,1H3. The molecule has 4 nitrogen and oxygen atoms in total. The summed E-state index contributed by atoms with van der Waals surface area (Å²) >= 11 is 0. The molecule has 1 aliphatic rings. The molecule has 1 unspecified atom stereocenters. The molecule has 1 aliphatic carbocycles. The van der Waals surface area contributed by atoms with E-state index in [-0.39, 0.29) is 0 Å². The molecule has 1 heterocycles. The van der Waals surface area contributed by atoms with Gasteiger partial charge in [-0.15, -0.1) is 10.2 Å². The van der Waals surface area contributed by atoms with Gasteiger partial charge in [0.15, 0.2) is 0 Å². The lowest BCUT2D eigenvalue weighted by atomic mass is 10.0. The Morgan fingerprint density at radius 2 is 2.11 bits per heavy atom. The first-order chi connectivity index (χ1) is 9.38. The fourth-order valence-corrected chi connectivity index (χ4v) is 2.53. The molecule has 0 bridgehead atoms. The normalized spacial score (nSPS) is 16.5. The molecule has 19 heavy (non-hydrogen) atoms. The van der Waals surface area contributed by atoms with Crippen LogP contribution in [0.2, 0.25) is 0 Å². The Balaban J connectivity index is 1.69. The third kappa shape index (κ3) is 2.84. The summed E-state index contributed by atoms with van der Waals surface area (Å²) in [5.41, 5.74) is 1.38. The zero-order chi connectivity index (χ0) is 13.1. The molecule has 4 heteroatoms. The highest BCUT2D eigenvalue weighted by Crippen LogP contribution is 2.40. The largest absolute Gasteiger partial charge is 0.317 e. The highest BCUT2D eigenvalue weighted by molar-refractivity contribution is 5.21. The van der Waals surface area contributed by atoms with Crippen molar-refractivity contribution in [3.63, 3.8) is 0 Å². The molecule has 1 aromatic carbocycles. The minimum atomic E-state index is 0.447. The molecule has 1 N–H and O–H groups in total. The van der Waals surface area contributed by atoms with Crippen LogP contribution in [0.25, 0.3) is 0 Å². The van der Waals surface area contributed by atoms with Crippen molar-refractivity contribution in [3.8, 4) is 0 Å². The van der Waals surface area contributed by atoms with Crippen LogP contribution in [0.5, 0.6) is 0 Å². The van der Waals surface area contributed by atoms with Crippen LogP contribution in [0.15, 0.2) is 36.7 Å². The van der Waals surface area contributed by atoms with Gasteiger partial charge in [-0.1, -0.05) is 30.3 Å². The van der Waals surface area contributed by atoms with Gasteiger partial charge < -0.3 is 9.88 Å². The van der Waals surface area contributed by atoms with Crippen molar-refractivity contribution in [3.05, 3.63) is 48.0 Å². The van der Waals surface area contributed by atoms with Crippen molar-refractivity contribution in [1.82, 2.24) is 20.1 Å². The van der Waals surface area contributed by atoms with Gasteiger partial charge in [-0.05, 0) is 31.2 Å². The van der Waals surface area contributed by atoms with E-state index in [0.29, 0.717) is 6.04 Å². The van der Waals surface area contributed by atoms with Crippen LogP contribution >= 0.6 is 0 Å². The maximum atomic E-state index is 4.18. The molecule has 0 aliphatic heterocycles. The molecule has 1 saturated carbocycles. The quantitative estimate of drug-likeness (QED) is 0.863.